The van der Waals surface area contributed by atoms with Crippen LogP contribution in [0.2, 0.25) is 0 Å². The number of carbonyl (C=O) groups is 1. The van der Waals surface area contributed by atoms with Gasteiger partial charge in [0.2, 0.25) is 15.9 Å². The Morgan fingerprint density at radius 3 is 2.23 bits per heavy atom. The lowest BCUT2D eigenvalue weighted by Gasteiger charge is -2.20. The van der Waals surface area contributed by atoms with E-state index < -0.39 is 10.0 Å². The lowest BCUT2D eigenvalue weighted by Crippen LogP contribution is -2.39. The molecule has 1 amide bonds. The molecule has 2 saturated heterocycles. The molecule has 2 atom stereocenters. The highest BCUT2D eigenvalue weighted by Crippen LogP contribution is 2.24. The third kappa shape index (κ3) is 4.73. The van der Waals surface area contributed by atoms with Crippen molar-refractivity contribution in [3.8, 4) is 0 Å². The number of amides is 1. The quantitative estimate of drug-likeness (QED) is 0.681. The van der Waals surface area contributed by atoms with Gasteiger partial charge in [-0.1, -0.05) is 43.2 Å². The number of hydrazine groups is 1. The second kappa shape index (κ2) is 9.26. The summed E-state index contributed by atoms with van der Waals surface area (Å²) in [6, 6.07) is 16.1. The third-order valence-electron chi connectivity index (χ3n) is 5.75. The summed E-state index contributed by atoms with van der Waals surface area (Å²) in [7, 11) is -3.49. The molecule has 4 rings (SSSR count). The van der Waals surface area contributed by atoms with E-state index in [9.17, 15) is 13.2 Å². The summed E-state index contributed by atoms with van der Waals surface area (Å²) >= 11 is 0. The van der Waals surface area contributed by atoms with Crippen molar-refractivity contribution in [1.82, 2.24) is 15.2 Å². The summed E-state index contributed by atoms with van der Waals surface area (Å²) in [4.78, 5) is 12.9. The minimum Gasteiger partial charge on any atom is -0.325 e. The molecule has 2 fully saturated rings. The lowest BCUT2D eigenvalue weighted by atomic mass is 10.0. The van der Waals surface area contributed by atoms with Crippen LogP contribution in [0.5, 0.6) is 0 Å². The Bertz CT molecular complexity index is 956. The maximum atomic E-state index is 12.9. The Morgan fingerprint density at radius 2 is 1.57 bits per heavy atom. The van der Waals surface area contributed by atoms with Gasteiger partial charge in [0.15, 0.2) is 0 Å². The SMILES string of the molecule is O=C(Nc1ccc(S(=O)(=O)N2CCCCCC2)cc1)C1CC(c2ccccc2)NN1. The normalized spacial score (nSPS) is 23.1. The van der Waals surface area contributed by atoms with E-state index in [1.54, 1.807) is 28.6 Å². The average molecular weight is 429 g/mol. The van der Waals surface area contributed by atoms with Crippen LogP contribution in [0.25, 0.3) is 0 Å². The molecule has 0 saturated carbocycles. The fourth-order valence-electron chi connectivity index (χ4n) is 4.00. The highest BCUT2D eigenvalue weighted by Gasteiger charge is 2.30. The van der Waals surface area contributed by atoms with Crippen LogP contribution < -0.4 is 16.2 Å². The smallest absolute Gasteiger partial charge is 0.243 e. The van der Waals surface area contributed by atoms with Gasteiger partial charge in [-0.15, -0.1) is 0 Å². The van der Waals surface area contributed by atoms with Gasteiger partial charge >= 0.3 is 0 Å². The van der Waals surface area contributed by atoms with Gasteiger partial charge in [0.05, 0.1) is 4.90 Å². The molecule has 2 heterocycles. The highest BCUT2D eigenvalue weighted by atomic mass is 32.2. The van der Waals surface area contributed by atoms with Crippen molar-refractivity contribution < 1.29 is 13.2 Å². The van der Waals surface area contributed by atoms with Crippen LogP contribution in [0.3, 0.4) is 0 Å². The van der Waals surface area contributed by atoms with E-state index in [0.29, 0.717) is 25.2 Å². The van der Waals surface area contributed by atoms with Gasteiger partial charge < -0.3 is 5.32 Å². The second-order valence-electron chi connectivity index (χ2n) is 7.87. The molecule has 0 bridgehead atoms. The zero-order valence-electron chi connectivity index (χ0n) is 16.9. The fourth-order valence-corrected chi connectivity index (χ4v) is 5.52. The molecule has 2 unspecified atom stereocenters. The maximum absolute atomic E-state index is 12.9. The molecule has 2 aromatic carbocycles. The summed E-state index contributed by atoms with van der Waals surface area (Å²) in [6.07, 6.45) is 4.59. The summed E-state index contributed by atoms with van der Waals surface area (Å²) in [5, 5.41) is 2.87. The minimum absolute atomic E-state index is 0.0723. The highest BCUT2D eigenvalue weighted by molar-refractivity contribution is 7.89. The van der Waals surface area contributed by atoms with Crippen molar-refractivity contribution in [1.29, 1.82) is 0 Å². The molecule has 30 heavy (non-hydrogen) atoms. The molecule has 0 radical (unpaired) electrons. The molecular weight excluding hydrogens is 400 g/mol. The standard InChI is InChI=1S/C22H28N4O3S/c27-22(21-16-20(24-25-21)17-8-4-3-5-9-17)23-18-10-12-19(13-11-18)30(28,29)26-14-6-1-2-7-15-26/h3-5,8-13,20-21,24-25H,1-2,6-7,14-16H2,(H,23,27). The molecule has 2 aliphatic heterocycles. The van der Waals surface area contributed by atoms with Gasteiger partial charge in [0.25, 0.3) is 0 Å². The first kappa shape index (κ1) is 21.0. The van der Waals surface area contributed by atoms with Crippen molar-refractivity contribution in [2.75, 3.05) is 18.4 Å². The van der Waals surface area contributed by atoms with Crippen molar-refractivity contribution in [3.63, 3.8) is 0 Å². The Balaban J connectivity index is 1.37. The van der Waals surface area contributed by atoms with E-state index in [0.717, 1.165) is 31.2 Å². The fraction of sp³-hybridized carbons (Fsp3) is 0.409. The predicted octanol–water partition coefficient (Wildman–Crippen LogP) is 2.80. The van der Waals surface area contributed by atoms with Crippen LogP contribution in [0.15, 0.2) is 59.5 Å². The second-order valence-corrected chi connectivity index (χ2v) is 9.81. The zero-order valence-corrected chi connectivity index (χ0v) is 17.7. The van der Waals surface area contributed by atoms with Crippen molar-refractivity contribution in [3.05, 3.63) is 60.2 Å². The Kier molecular flexibility index (Phi) is 6.48. The Hall–Kier alpha value is -2.26. The maximum Gasteiger partial charge on any atom is 0.243 e. The van der Waals surface area contributed by atoms with E-state index in [1.807, 2.05) is 30.3 Å². The first-order valence-electron chi connectivity index (χ1n) is 10.5. The van der Waals surface area contributed by atoms with Crippen LogP contribution >= 0.6 is 0 Å². The number of anilines is 1. The molecule has 8 heteroatoms. The monoisotopic (exact) mass is 428 g/mol. The zero-order chi connectivity index (χ0) is 21.0. The number of carbonyl (C=O) groups excluding carboxylic acids is 1. The number of hydrogen-bond acceptors (Lipinski definition) is 5. The number of sulfonamides is 1. The van der Waals surface area contributed by atoms with Crippen LogP contribution in [-0.2, 0) is 14.8 Å². The Labute approximate surface area is 177 Å². The lowest BCUT2D eigenvalue weighted by molar-refractivity contribution is -0.117. The molecule has 2 aromatic rings. The van der Waals surface area contributed by atoms with E-state index in [2.05, 4.69) is 16.2 Å². The number of nitrogens with zero attached hydrogens (tertiary/aromatic N) is 1. The minimum atomic E-state index is -3.49. The molecule has 0 aromatic heterocycles. The van der Waals surface area contributed by atoms with Gasteiger partial charge in [-0.3, -0.25) is 4.79 Å². The summed E-state index contributed by atoms with van der Waals surface area (Å²) in [6.45, 7) is 1.15. The number of nitrogens with one attached hydrogen (secondary N) is 3. The Morgan fingerprint density at radius 1 is 0.900 bits per heavy atom. The number of benzene rings is 2. The van der Waals surface area contributed by atoms with E-state index in [-0.39, 0.29) is 22.9 Å². The van der Waals surface area contributed by atoms with Gasteiger partial charge in [0, 0.05) is 24.8 Å². The largest absolute Gasteiger partial charge is 0.325 e. The van der Waals surface area contributed by atoms with Crippen LogP contribution in [-0.4, -0.2) is 37.8 Å². The molecular formula is C22H28N4O3S. The van der Waals surface area contributed by atoms with E-state index >= 15 is 0 Å². The van der Waals surface area contributed by atoms with Gasteiger partial charge in [-0.25, -0.2) is 19.3 Å². The molecule has 0 spiro atoms. The van der Waals surface area contributed by atoms with Crippen LogP contribution in [0.4, 0.5) is 5.69 Å². The molecule has 2 aliphatic rings. The first-order valence-corrected chi connectivity index (χ1v) is 11.9. The number of hydrogen-bond donors (Lipinski definition) is 3. The molecule has 7 nitrogen and oxygen atoms in total. The summed E-state index contributed by atoms with van der Waals surface area (Å²) in [5.74, 6) is -0.149. The van der Waals surface area contributed by atoms with E-state index in [4.69, 9.17) is 0 Å². The molecule has 3 N–H and O–H groups in total. The van der Waals surface area contributed by atoms with Gasteiger partial charge in [-0.05, 0) is 49.1 Å². The van der Waals surface area contributed by atoms with E-state index in [1.165, 1.54) is 0 Å². The molecule has 0 aliphatic carbocycles. The van der Waals surface area contributed by atoms with Crippen molar-refractivity contribution >= 4 is 21.6 Å². The van der Waals surface area contributed by atoms with Crippen molar-refractivity contribution in [2.45, 2.75) is 49.1 Å². The number of rotatable bonds is 5. The summed E-state index contributed by atoms with van der Waals surface area (Å²) in [5.41, 5.74) is 7.92. The first-order chi connectivity index (χ1) is 14.5. The van der Waals surface area contributed by atoms with Crippen molar-refractivity contribution in [2.24, 2.45) is 0 Å². The average Bonchev–Trinajstić information content (AvgIpc) is 3.10. The topological polar surface area (TPSA) is 90.5 Å². The molecule has 160 valence electrons. The summed E-state index contributed by atoms with van der Waals surface area (Å²) < 4.78 is 27.3. The van der Waals surface area contributed by atoms with Crippen LogP contribution in [0, 0.1) is 0 Å². The predicted molar refractivity (Wildman–Crippen MR) is 116 cm³/mol. The third-order valence-corrected chi connectivity index (χ3v) is 7.66. The van der Waals surface area contributed by atoms with Crippen LogP contribution in [0.1, 0.15) is 43.7 Å². The van der Waals surface area contributed by atoms with Gasteiger partial charge in [0.1, 0.15) is 6.04 Å². The van der Waals surface area contributed by atoms with Gasteiger partial charge in [-0.2, -0.15) is 4.31 Å².